The lowest BCUT2D eigenvalue weighted by atomic mass is 10.1. The average molecular weight is 268 g/mol. The molecule has 1 aromatic heterocycles. The van der Waals surface area contributed by atoms with Crippen LogP contribution in [0.3, 0.4) is 0 Å². The lowest BCUT2D eigenvalue weighted by molar-refractivity contribution is 0.414. The second kappa shape index (κ2) is 6.48. The van der Waals surface area contributed by atoms with Crippen LogP contribution < -0.4 is 9.64 Å². The highest BCUT2D eigenvalue weighted by atomic mass is 16.5. The van der Waals surface area contributed by atoms with Crippen LogP contribution in [-0.4, -0.2) is 13.7 Å². The number of nitriles is 1. The van der Waals surface area contributed by atoms with Crippen LogP contribution >= 0.6 is 0 Å². The first-order chi connectivity index (χ1) is 9.80. The molecular weight excluding hydrogens is 252 g/mol. The number of rotatable bonds is 6. The first kappa shape index (κ1) is 13.8. The van der Waals surface area contributed by atoms with Gasteiger partial charge in [-0.1, -0.05) is 6.08 Å². The molecule has 1 heterocycles. The van der Waals surface area contributed by atoms with Gasteiger partial charge in [0.1, 0.15) is 11.5 Å². The van der Waals surface area contributed by atoms with Gasteiger partial charge in [0.05, 0.1) is 19.4 Å². The Hall–Kier alpha value is -2.67. The van der Waals surface area contributed by atoms with Crippen molar-refractivity contribution in [2.75, 3.05) is 18.6 Å². The Bertz CT molecular complexity index is 582. The van der Waals surface area contributed by atoms with Crippen LogP contribution in [0.2, 0.25) is 0 Å². The Morgan fingerprint density at radius 1 is 1.40 bits per heavy atom. The van der Waals surface area contributed by atoms with E-state index in [2.05, 4.69) is 12.6 Å². The summed E-state index contributed by atoms with van der Waals surface area (Å²) in [6.07, 6.45) is 3.33. The molecular formula is C16H16N2O2. The summed E-state index contributed by atoms with van der Waals surface area (Å²) in [5.41, 5.74) is 0.911. The van der Waals surface area contributed by atoms with E-state index in [1.165, 1.54) is 0 Å². The Morgan fingerprint density at radius 2 is 2.15 bits per heavy atom. The van der Waals surface area contributed by atoms with Crippen LogP contribution in [-0.2, 0) is 0 Å². The van der Waals surface area contributed by atoms with Crippen LogP contribution in [0.15, 0.2) is 59.7 Å². The molecule has 1 atom stereocenters. The molecule has 0 radical (unpaired) electrons. The molecule has 0 aliphatic rings. The zero-order valence-corrected chi connectivity index (χ0v) is 11.3. The molecule has 0 aliphatic heterocycles. The fourth-order valence-electron chi connectivity index (χ4n) is 2.01. The molecule has 0 saturated heterocycles. The maximum Gasteiger partial charge on any atom is 0.175 e. The minimum Gasteiger partial charge on any atom is -0.497 e. The number of hydrogen-bond acceptors (Lipinski definition) is 4. The van der Waals surface area contributed by atoms with Crippen molar-refractivity contribution in [3.63, 3.8) is 0 Å². The van der Waals surface area contributed by atoms with Crippen LogP contribution in [0, 0.1) is 11.3 Å². The highest BCUT2D eigenvalue weighted by Gasteiger charge is 2.22. The van der Waals surface area contributed by atoms with Gasteiger partial charge in [-0.3, -0.25) is 0 Å². The maximum atomic E-state index is 9.45. The van der Waals surface area contributed by atoms with E-state index in [4.69, 9.17) is 9.15 Å². The molecule has 0 bridgehead atoms. The molecule has 0 amide bonds. The topological polar surface area (TPSA) is 49.4 Å². The number of hydrogen-bond donors (Lipinski definition) is 0. The molecule has 20 heavy (non-hydrogen) atoms. The van der Waals surface area contributed by atoms with Gasteiger partial charge >= 0.3 is 0 Å². The van der Waals surface area contributed by atoms with Gasteiger partial charge in [-0.05, 0) is 36.4 Å². The fraction of sp³-hybridized carbons (Fsp3) is 0.188. The van der Waals surface area contributed by atoms with E-state index in [9.17, 15) is 5.26 Å². The minimum absolute atomic E-state index is 0.489. The molecule has 2 rings (SSSR count). The standard InChI is InChI=1S/C16H16N2O2/c1-3-10-18(13-6-8-14(19-2)9-7-13)15(12-17)16-5-4-11-20-16/h3-9,11,15H,1,10H2,2H3. The van der Waals surface area contributed by atoms with Crippen molar-refractivity contribution < 1.29 is 9.15 Å². The molecule has 2 aromatic rings. The van der Waals surface area contributed by atoms with Gasteiger partial charge in [0, 0.05) is 12.2 Å². The average Bonchev–Trinajstić information content (AvgIpc) is 3.01. The first-order valence-corrected chi connectivity index (χ1v) is 6.24. The van der Waals surface area contributed by atoms with Crippen molar-refractivity contribution in [2.24, 2.45) is 0 Å². The molecule has 0 N–H and O–H groups in total. The third-order valence-electron chi connectivity index (χ3n) is 2.98. The highest BCUT2D eigenvalue weighted by molar-refractivity contribution is 5.52. The zero-order valence-electron chi connectivity index (χ0n) is 11.3. The van der Waals surface area contributed by atoms with Crippen molar-refractivity contribution in [1.82, 2.24) is 0 Å². The third-order valence-corrected chi connectivity index (χ3v) is 2.98. The summed E-state index contributed by atoms with van der Waals surface area (Å²) in [6, 6.07) is 12.9. The number of nitrogens with zero attached hydrogens (tertiary/aromatic N) is 2. The van der Waals surface area contributed by atoms with E-state index >= 15 is 0 Å². The van der Waals surface area contributed by atoms with E-state index in [1.807, 2.05) is 29.2 Å². The van der Waals surface area contributed by atoms with Crippen molar-refractivity contribution in [1.29, 1.82) is 5.26 Å². The summed E-state index contributed by atoms with van der Waals surface area (Å²) in [5, 5.41) is 9.45. The summed E-state index contributed by atoms with van der Waals surface area (Å²) >= 11 is 0. The lowest BCUT2D eigenvalue weighted by Crippen LogP contribution is -2.27. The number of benzene rings is 1. The Kier molecular flexibility index (Phi) is 4.46. The highest BCUT2D eigenvalue weighted by Crippen LogP contribution is 2.28. The molecule has 102 valence electrons. The molecule has 4 nitrogen and oxygen atoms in total. The van der Waals surface area contributed by atoms with Gasteiger partial charge in [0.2, 0.25) is 0 Å². The Morgan fingerprint density at radius 3 is 2.65 bits per heavy atom. The van der Waals surface area contributed by atoms with E-state index in [-0.39, 0.29) is 0 Å². The van der Waals surface area contributed by atoms with Crippen LogP contribution in [0.1, 0.15) is 11.8 Å². The Balaban J connectivity index is 2.34. The van der Waals surface area contributed by atoms with E-state index in [1.54, 1.807) is 31.6 Å². The molecule has 0 fully saturated rings. The van der Waals surface area contributed by atoms with Crippen LogP contribution in [0.25, 0.3) is 0 Å². The van der Waals surface area contributed by atoms with E-state index in [0.29, 0.717) is 12.3 Å². The summed E-state index contributed by atoms with van der Waals surface area (Å²) < 4.78 is 10.5. The smallest absolute Gasteiger partial charge is 0.175 e. The van der Waals surface area contributed by atoms with Gasteiger partial charge < -0.3 is 14.1 Å². The SMILES string of the molecule is C=CCN(c1ccc(OC)cc1)C(C#N)c1ccco1. The van der Waals surface area contributed by atoms with Gasteiger partial charge in [0.15, 0.2) is 6.04 Å². The Labute approximate surface area is 118 Å². The van der Waals surface area contributed by atoms with E-state index < -0.39 is 6.04 Å². The zero-order chi connectivity index (χ0) is 14.4. The molecule has 0 saturated carbocycles. The van der Waals surface area contributed by atoms with Crippen molar-refractivity contribution in [3.8, 4) is 11.8 Å². The van der Waals surface area contributed by atoms with Crippen molar-refractivity contribution >= 4 is 5.69 Å². The van der Waals surface area contributed by atoms with E-state index in [0.717, 1.165) is 11.4 Å². The van der Waals surface area contributed by atoms with Gasteiger partial charge in [-0.15, -0.1) is 6.58 Å². The quantitative estimate of drug-likeness (QED) is 0.752. The molecule has 0 aliphatic carbocycles. The normalized spacial score (nSPS) is 11.4. The predicted molar refractivity (Wildman–Crippen MR) is 77.6 cm³/mol. The minimum atomic E-state index is -0.489. The number of methoxy groups -OCH3 is 1. The summed E-state index contributed by atoms with van der Waals surface area (Å²) in [4.78, 5) is 1.92. The van der Waals surface area contributed by atoms with Crippen LogP contribution in [0.4, 0.5) is 5.69 Å². The molecule has 4 heteroatoms. The van der Waals surface area contributed by atoms with Gasteiger partial charge in [-0.2, -0.15) is 5.26 Å². The van der Waals surface area contributed by atoms with Crippen molar-refractivity contribution in [2.45, 2.75) is 6.04 Å². The lowest BCUT2D eigenvalue weighted by Gasteiger charge is -2.27. The van der Waals surface area contributed by atoms with Crippen LogP contribution in [0.5, 0.6) is 5.75 Å². The monoisotopic (exact) mass is 268 g/mol. The van der Waals surface area contributed by atoms with Crippen molar-refractivity contribution in [3.05, 3.63) is 61.1 Å². The van der Waals surface area contributed by atoms with Gasteiger partial charge in [0.25, 0.3) is 0 Å². The van der Waals surface area contributed by atoms with Gasteiger partial charge in [-0.25, -0.2) is 0 Å². The summed E-state index contributed by atoms with van der Waals surface area (Å²) in [7, 11) is 1.62. The second-order valence-electron chi connectivity index (χ2n) is 4.19. The molecule has 1 unspecified atom stereocenters. The summed E-state index contributed by atoms with van der Waals surface area (Å²) in [6.45, 7) is 4.30. The predicted octanol–water partition coefficient (Wildman–Crippen LogP) is 3.55. The maximum absolute atomic E-state index is 9.45. The number of furan rings is 1. The summed E-state index contributed by atoms with van der Waals surface area (Å²) in [5.74, 6) is 1.39. The number of ether oxygens (including phenoxy) is 1. The third kappa shape index (κ3) is 2.83. The fourth-order valence-corrected chi connectivity index (χ4v) is 2.01. The second-order valence-corrected chi connectivity index (χ2v) is 4.19. The number of anilines is 1. The molecule has 0 spiro atoms. The first-order valence-electron chi connectivity index (χ1n) is 6.24. The largest absolute Gasteiger partial charge is 0.497 e. The molecule has 1 aromatic carbocycles.